The number of carbonyl (C=O) groups excluding carboxylic acids is 1. The van der Waals surface area contributed by atoms with Crippen molar-refractivity contribution in [2.75, 3.05) is 17.6 Å². The predicted molar refractivity (Wildman–Crippen MR) is 117 cm³/mol. The summed E-state index contributed by atoms with van der Waals surface area (Å²) in [5, 5.41) is 15.3. The van der Waals surface area contributed by atoms with Crippen molar-refractivity contribution in [2.45, 2.75) is 23.7 Å². The van der Waals surface area contributed by atoms with Crippen molar-refractivity contribution in [1.29, 1.82) is 5.26 Å². The summed E-state index contributed by atoms with van der Waals surface area (Å²) in [6, 6.07) is 16.7. The summed E-state index contributed by atoms with van der Waals surface area (Å²) in [5.41, 5.74) is 3.05. The first-order chi connectivity index (χ1) is 13.7. The number of nitrogens with one attached hydrogen (secondary N) is 1. The summed E-state index contributed by atoms with van der Waals surface area (Å²) in [6.45, 7) is 2.65. The first kappa shape index (κ1) is 19.2. The topological polar surface area (TPSA) is 56.1 Å². The third-order valence-electron chi connectivity index (χ3n) is 4.59. The Morgan fingerprint density at radius 2 is 2.11 bits per heavy atom. The quantitative estimate of drug-likeness (QED) is 0.567. The molecule has 0 radical (unpaired) electrons. The van der Waals surface area contributed by atoms with Crippen LogP contribution in [0, 0.1) is 11.3 Å². The molecule has 142 valence electrons. The maximum atomic E-state index is 12.4. The van der Waals surface area contributed by atoms with Crippen LogP contribution in [-0.4, -0.2) is 23.1 Å². The maximum Gasteiger partial charge on any atom is 0.235 e. The van der Waals surface area contributed by atoms with E-state index in [1.165, 1.54) is 22.2 Å². The SMILES string of the molecule is N#Cc1c(NC(=O)CSc2cccs2)sc2c1CCN(Cc1ccccc1)C2. The van der Waals surface area contributed by atoms with E-state index < -0.39 is 0 Å². The van der Waals surface area contributed by atoms with E-state index in [-0.39, 0.29) is 5.91 Å². The van der Waals surface area contributed by atoms with Gasteiger partial charge in [0.25, 0.3) is 0 Å². The number of carbonyl (C=O) groups is 1. The summed E-state index contributed by atoms with van der Waals surface area (Å²) >= 11 is 4.70. The summed E-state index contributed by atoms with van der Waals surface area (Å²) in [6.07, 6.45) is 0.849. The fourth-order valence-corrected chi connectivity index (χ4v) is 6.13. The van der Waals surface area contributed by atoms with Crippen molar-refractivity contribution < 1.29 is 4.79 Å². The van der Waals surface area contributed by atoms with Gasteiger partial charge in [0.15, 0.2) is 0 Å². The lowest BCUT2D eigenvalue weighted by atomic mass is 10.0. The maximum absolute atomic E-state index is 12.4. The molecular formula is C21H19N3OS3. The summed E-state index contributed by atoms with van der Waals surface area (Å²) in [4.78, 5) is 15.9. The first-order valence-corrected chi connectivity index (χ1v) is 11.7. The highest BCUT2D eigenvalue weighted by Gasteiger charge is 2.25. The minimum Gasteiger partial charge on any atom is -0.316 e. The van der Waals surface area contributed by atoms with Crippen LogP contribution in [0.5, 0.6) is 0 Å². The molecule has 4 rings (SSSR count). The van der Waals surface area contributed by atoms with Gasteiger partial charge in [0.05, 0.1) is 15.5 Å². The van der Waals surface area contributed by atoms with E-state index in [1.54, 1.807) is 22.7 Å². The zero-order chi connectivity index (χ0) is 19.3. The van der Waals surface area contributed by atoms with E-state index >= 15 is 0 Å². The Bertz CT molecular complexity index is 990. The highest BCUT2D eigenvalue weighted by molar-refractivity contribution is 8.01. The van der Waals surface area contributed by atoms with E-state index in [9.17, 15) is 10.1 Å². The van der Waals surface area contributed by atoms with Crippen molar-refractivity contribution in [1.82, 2.24) is 4.90 Å². The normalized spacial score (nSPS) is 13.7. The largest absolute Gasteiger partial charge is 0.316 e. The van der Waals surface area contributed by atoms with Crippen molar-refractivity contribution in [2.24, 2.45) is 0 Å². The molecule has 3 heterocycles. The van der Waals surface area contributed by atoms with Crippen molar-refractivity contribution in [3.63, 3.8) is 0 Å². The molecule has 0 aliphatic carbocycles. The Kier molecular flexibility index (Phi) is 6.13. The van der Waals surface area contributed by atoms with Gasteiger partial charge in [-0.3, -0.25) is 9.69 Å². The van der Waals surface area contributed by atoms with Gasteiger partial charge in [-0.05, 0) is 29.0 Å². The average molecular weight is 426 g/mol. The van der Waals surface area contributed by atoms with E-state index in [4.69, 9.17) is 0 Å². The van der Waals surface area contributed by atoms with Crippen LogP contribution in [0.4, 0.5) is 5.00 Å². The number of amides is 1. The molecule has 7 heteroatoms. The molecule has 4 nitrogen and oxygen atoms in total. The Hall–Kier alpha value is -2.11. The second-order valence-electron chi connectivity index (χ2n) is 6.53. The number of nitriles is 1. The van der Waals surface area contributed by atoms with Crippen molar-refractivity contribution in [3.05, 3.63) is 69.4 Å². The molecule has 0 spiro atoms. The number of thioether (sulfide) groups is 1. The molecule has 28 heavy (non-hydrogen) atoms. The van der Waals surface area contributed by atoms with Crippen LogP contribution < -0.4 is 5.32 Å². The van der Waals surface area contributed by atoms with Gasteiger partial charge in [-0.25, -0.2) is 0 Å². The number of hydrogen-bond acceptors (Lipinski definition) is 6. The highest BCUT2D eigenvalue weighted by Crippen LogP contribution is 2.37. The smallest absolute Gasteiger partial charge is 0.235 e. The Labute approximate surface area is 176 Å². The average Bonchev–Trinajstić information content (AvgIpc) is 3.34. The summed E-state index contributed by atoms with van der Waals surface area (Å²) in [7, 11) is 0. The van der Waals surface area contributed by atoms with E-state index in [0.717, 1.165) is 35.8 Å². The van der Waals surface area contributed by atoms with Crippen LogP contribution >= 0.6 is 34.4 Å². The van der Waals surface area contributed by atoms with Gasteiger partial charge in [-0.2, -0.15) is 5.26 Å². The number of anilines is 1. The summed E-state index contributed by atoms with van der Waals surface area (Å²) in [5.74, 6) is 0.295. The van der Waals surface area contributed by atoms with Crippen molar-refractivity contribution in [3.8, 4) is 6.07 Å². The second-order valence-corrected chi connectivity index (χ2v) is 9.86. The molecule has 3 aromatic rings. The third kappa shape index (κ3) is 4.47. The van der Waals surface area contributed by atoms with Crippen LogP contribution in [0.25, 0.3) is 0 Å². The lowest BCUT2D eigenvalue weighted by molar-refractivity contribution is -0.113. The molecule has 1 aliphatic rings. The molecule has 0 saturated carbocycles. The molecule has 0 fully saturated rings. The third-order valence-corrected chi connectivity index (χ3v) is 7.85. The lowest BCUT2D eigenvalue weighted by Crippen LogP contribution is -2.29. The van der Waals surface area contributed by atoms with Crippen molar-refractivity contribution >= 4 is 45.3 Å². The van der Waals surface area contributed by atoms with E-state index in [2.05, 4.69) is 40.6 Å². The molecule has 1 aliphatic heterocycles. The fourth-order valence-electron chi connectivity index (χ4n) is 3.28. The van der Waals surface area contributed by atoms with Crippen LogP contribution in [-0.2, 0) is 24.3 Å². The zero-order valence-electron chi connectivity index (χ0n) is 15.2. The van der Waals surface area contributed by atoms with E-state index in [0.29, 0.717) is 16.3 Å². The number of rotatable bonds is 6. The molecule has 1 amide bonds. The van der Waals surface area contributed by atoms with Crippen LogP contribution in [0.2, 0.25) is 0 Å². The van der Waals surface area contributed by atoms with Gasteiger partial charge >= 0.3 is 0 Å². The molecule has 0 unspecified atom stereocenters. The monoisotopic (exact) mass is 425 g/mol. The Balaban J connectivity index is 1.43. The van der Waals surface area contributed by atoms with Gasteiger partial charge in [0.1, 0.15) is 11.1 Å². The van der Waals surface area contributed by atoms with Gasteiger partial charge in [0.2, 0.25) is 5.91 Å². The molecule has 0 bridgehead atoms. The molecule has 0 saturated heterocycles. The van der Waals surface area contributed by atoms with Gasteiger partial charge in [-0.1, -0.05) is 36.4 Å². The van der Waals surface area contributed by atoms with Crippen LogP contribution in [0.15, 0.2) is 52.1 Å². The Morgan fingerprint density at radius 1 is 1.25 bits per heavy atom. The predicted octanol–water partition coefficient (Wildman–Crippen LogP) is 4.97. The molecular weight excluding hydrogens is 406 g/mol. The molecule has 2 aromatic heterocycles. The number of nitrogens with zero attached hydrogens (tertiary/aromatic N) is 2. The molecule has 1 N–H and O–H groups in total. The highest BCUT2D eigenvalue weighted by atomic mass is 32.2. The molecule has 0 atom stereocenters. The van der Waals surface area contributed by atoms with Gasteiger partial charge in [0, 0.05) is 24.5 Å². The van der Waals surface area contributed by atoms with Crippen LogP contribution in [0.3, 0.4) is 0 Å². The number of hydrogen-bond donors (Lipinski definition) is 1. The minimum atomic E-state index is -0.0605. The minimum absolute atomic E-state index is 0.0605. The first-order valence-electron chi connectivity index (χ1n) is 9.00. The van der Waals surface area contributed by atoms with Gasteiger partial charge < -0.3 is 5.32 Å². The number of benzene rings is 1. The summed E-state index contributed by atoms with van der Waals surface area (Å²) < 4.78 is 1.12. The number of fused-ring (bicyclic) bond motifs is 1. The standard InChI is InChI=1S/C21H19N3OS3/c22-11-17-16-8-9-24(12-15-5-2-1-3-6-15)13-18(16)28-21(17)23-19(25)14-27-20-7-4-10-26-20/h1-7,10H,8-9,12-14H2,(H,23,25). The van der Waals surface area contributed by atoms with Crippen LogP contribution in [0.1, 0.15) is 21.6 Å². The Morgan fingerprint density at radius 3 is 2.86 bits per heavy atom. The number of thiophene rings is 2. The van der Waals surface area contributed by atoms with E-state index in [1.807, 2.05) is 23.6 Å². The zero-order valence-corrected chi connectivity index (χ0v) is 17.6. The molecule has 1 aromatic carbocycles. The second kappa shape index (κ2) is 8.93. The van der Waals surface area contributed by atoms with Gasteiger partial charge in [-0.15, -0.1) is 34.4 Å². The lowest BCUT2D eigenvalue weighted by Gasteiger charge is -2.26. The fraction of sp³-hybridized carbons (Fsp3) is 0.238.